The molecule has 3 aromatic carbocycles. The highest BCUT2D eigenvalue weighted by Crippen LogP contribution is 2.30. The van der Waals surface area contributed by atoms with Crippen molar-refractivity contribution < 1.29 is 9.59 Å². The van der Waals surface area contributed by atoms with Crippen molar-refractivity contribution >= 4 is 11.8 Å². The smallest absolute Gasteiger partial charge is 0.225 e. The second kappa shape index (κ2) is 11.1. The van der Waals surface area contributed by atoms with Gasteiger partial charge in [0.1, 0.15) is 0 Å². The van der Waals surface area contributed by atoms with Crippen molar-refractivity contribution in [1.82, 2.24) is 15.1 Å². The maximum Gasteiger partial charge on any atom is 0.225 e. The Hall–Kier alpha value is -3.44. The maximum absolute atomic E-state index is 13.2. The molecule has 176 valence electrons. The largest absolute Gasteiger partial charge is 0.349 e. The van der Waals surface area contributed by atoms with E-state index in [1.807, 2.05) is 48.2 Å². The average molecular weight is 456 g/mol. The van der Waals surface area contributed by atoms with Crippen LogP contribution in [0.1, 0.15) is 47.7 Å². The van der Waals surface area contributed by atoms with E-state index >= 15 is 0 Å². The molecular weight excluding hydrogens is 422 g/mol. The van der Waals surface area contributed by atoms with Crippen LogP contribution < -0.4 is 5.32 Å². The van der Waals surface area contributed by atoms with Crippen LogP contribution in [0, 0.1) is 6.92 Å². The van der Waals surface area contributed by atoms with E-state index in [1.54, 1.807) is 0 Å². The van der Waals surface area contributed by atoms with Crippen LogP contribution in [0.25, 0.3) is 0 Å². The number of piperazine rings is 1. The normalized spacial score (nSPS) is 15.2. The van der Waals surface area contributed by atoms with Crippen LogP contribution in [0.2, 0.25) is 0 Å². The summed E-state index contributed by atoms with van der Waals surface area (Å²) in [4.78, 5) is 29.4. The minimum Gasteiger partial charge on any atom is -0.349 e. The quantitative estimate of drug-likeness (QED) is 0.571. The molecule has 1 fully saturated rings. The molecule has 34 heavy (non-hydrogen) atoms. The Labute approximate surface area is 202 Å². The highest BCUT2D eigenvalue weighted by molar-refractivity contribution is 5.79. The van der Waals surface area contributed by atoms with Crippen molar-refractivity contribution in [3.63, 3.8) is 0 Å². The third-order valence-corrected chi connectivity index (χ3v) is 6.50. The molecule has 1 unspecified atom stereocenters. The highest BCUT2D eigenvalue weighted by atomic mass is 16.2. The number of amides is 2. The van der Waals surface area contributed by atoms with E-state index in [0.29, 0.717) is 13.1 Å². The number of hydrogen-bond acceptors (Lipinski definition) is 3. The number of rotatable bonds is 7. The minimum absolute atomic E-state index is 0.0787. The molecule has 0 aromatic heterocycles. The number of hydrogen-bond donors (Lipinski definition) is 1. The fourth-order valence-corrected chi connectivity index (χ4v) is 4.71. The summed E-state index contributed by atoms with van der Waals surface area (Å²) in [5.41, 5.74) is 4.64. The van der Waals surface area contributed by atoms with Crippen LogP contribution in [0.4, 0.5) is 0 Å². The van der Waals surface area contributed by atoms with Gasteiger partial charge in [0.15, 0.2) is 0 Å². The zero-order valence-corrected chi connectivity index (χ0v) is 20.0. The Balaban J connectivity index is 1.44. The Morgan fingerprint density at radius 2 is 1.29 bits per heavy atom. The SMILES string of the molecule is CC(=O)NC(CC(=O)N1CCN(C(c2ccccc2)c2ccccc2)CC1)c1ccc(C)cc1. The van der Waals surface area contributed by atoms with Gasteiger partial charge in [-0.15, -0.1) is 0 Å². The van der Waals surface area contributed by atoms with Crippen LogP contribution in [0.5, 0.6) is 0 Å². The predicted molar refractivity (Wildman–Crippen MR) is 135 cm³/mol. The van der Waals surface area contributed by atoms with Crippen molar-refractivity contribution in [2.45, 2.75) is 32.4 Å². The van der Waals surface area contributed by atoms with Crippen molar-refractivity contribution in [2.75, 3.05) is 26.2 Å². The molecule has 0 saturated carbocycles. The van der Waals surface area contributed by atoms with E-state index < -0.39 is 0 Å². The van der Waals surface area contributed by atoms with Crippen LogP contribution in [0.15, 0.2) is 84.9 Å². The second-order valence-electron chi connectivity index (χ2n) is 9.01. The molecule has 0 aliphatic carbocycles. The lowest BCUT2D eigenvalue weighted by molar-refractivity contribution is -0.134. The highest BCUT2D eigenvalue weighted by Gasteiger charge is 2.29. The third-order valence-electron chi connectivity index (χ3n) is 6.50. The monoisotopic (exact) mass is 455 g/mol. The molecule has 4 rings (SSSR count). The van der Waals surface area contributed by atoms with E-state index in [9.17, 15) is 9.59 Å². The van der Waals surface area contributed by atoms with Gasteiger partial charge in [-0.1, -0.05) is 90.5 Å². The average Bonchev–Trinajstić information content (AvgIpc) is 2.86. The Morgan fingerprint density at radius 1 is 0.765 bits per heavy atom. The summed E-state index contributed by atoms with van der Waals surface area (Å²) in [6, 6.07) is 29.0. The second-order valence-corrected chi connectivity index (χ2v) is 9.01. The first-order chi connectivity index (χ1) is 16.5. The number of aryl methyl sites for hydroxylation is 1. The lowest BCUT2D eigenvalue weighted by Crippen LogP contribution is -2.50. The van der Waals surface area contributed by atoms with Gasteiger partial charge in [-0.2, -0.15) is 0 Å². The zero-order valence-electron chi connectivity index (χ0n) is 20.0. The molecule has 5 nitrogen and oxygen atoms in total. The fourth-order valence-electron chi connectivity index (χ4n) is 4.71. The van der Waals surface area contributed by atoms with E-state index in [4.69, 9.17) is 0 Å². The Kier molecular flexibility index (Phi) is 7.76. The number of nitrogens with zero attached hydrogens (tertiary/aromatic N) is 2. The first-order valence-corrected chi connectivity index (χ1v) is 12.0. The van der Waals surface area contributed by atoms with Crippen LogP contribution >= 0.6 is 0 Å². The molecule has 0 radical (unpaired) electrons. The summed E-state index contributed by atoms with van der Waals surface area (Å²) in [7, 11) is 0. The molecule has 2 amide bonds. The van der Waals surface area contributed by atoms with E-state index in [0.717, 1.165) is 24.2 Å². The van der Waals surface area contributed by atoms with Crippen LogP contribution in [-0.4, -0.2) is 47.8 Å². The molecule has 1 N–H and O–H groups in total. The van der Waals surface area contributed by atoms with Gasteiger partial charge < -0.3 is 10.2 Å². The first kappa shape index (κ1) is 23.7. The molecule has 0 spiro atoms. The summed E-state index contributed by atoms with van der Waals surface area (Å²) >= 11 is 0. The molecule has 1 aliphatic rings. The standard InChI is InChI=1S/C29H33N3O2/c1-22-13-15-24(16-14-22)27(30-23(2)33)21-28(34)31-17-19-32(20-18-31)29(25-9-5-3-6-10-25)26-11-7-4-8-12-26/h3-16,27,29H,17-21H2,1-2H3,(H,30,33). The molecule has 3 aromatic rings. The lowest BCUT2D eigenvalue weighted by atomic mass is 9.96. The van der Waals surface area contributed by atoms with Crippen molar-refractivity contribution in [2.24, 2.45) is 0 Å². The van der Waals surface area contributed by atoms with Gasteiger partial charge in [-0.25, -0.2) is 0 Å². The summed E-state index contributed by atoms with van der Waals surface area (Å²) in [6.07, 6.45) is 0.267. The zero-order chi connectivity index (χ0) is 23.9. The molecule has 0 bridgehead atoms. The van der Waals surface area contributed by atoms with Crippen molar-refractivity contribution in [3.8, 4) is 0 Å². The minimum atomic E-state index is -0.315. The molecule has 1 atom stereocenters. The number of benzene rings is 3. The summed E-state index contributed by atoms with van der Waals surface area (Å²) in [5.74, 6) is -0.0493. The van der Waals surface area contributed by atoms with E-state index in [2.05, 4.69) is 58.7 Å². The number of carbonyl (C=O) groups is 2. The van der Waals surface area contributed by atoms with Gasteiger partial charge in [0.2, 0.25) is 11.8 Å². The van der Waals surface area contributed by atoms with Crippen LogP contribution in [-0.2, 0) is 9.59 Å². The maximum atomic E-state index is 13.2. The molecule has 5 heteroatoms. The molecule has 1 heterocycles. The van der Waals surface area contributed by atoms with Gasteiger partial charge in [0.25, 0.3) is 0 Å². The summed E-state index contributed by atoms with van der Waals surface area (Å²) in [5, 5.41) is 2.96. The van der Waals surface area contributed by atoms with Crippen molar-refractivity contribution in [1.29, 1.82) is 0 Å². The van der Waals surface area contributed by atoms with Gasteiger partial charge >= 0.3 is 0 Å². The van der Waals surface area contributed by atoms with Gasteiger partial charge in [-0.3, -0.25) is 14.5 Å². The number of nitrogens with one attached hydrogen (secondary N) is 1. The van der Waals surface area contributed by atoms with Crippen LogP contribution in [0.3, 0.4) is 0 Å². The van der Waals surface area contributed by atoms with E-state index in [-0.39, 0.29) is 30.3 Å². The molecule has 1 saturated heterocycles. The Morgan fingerprint density at radius 3 is 1.79 bits per heavy atom. The van der Waals surface area contributed by atoms with Gasteiger partial charge in [0, 0.05) is 33.1 Å². The fraction of sp³-hybridized carbons (Fsp3) is 0.310. The topological polar surface area (TPSA) is 52.7 Å². The molecular formula is C29H33N3O2. The predicted octanol–water partition coefficient (Wildman–Crippen LogP) is 4.50. The lowest BCUT2D eigenvalue weighted by Gasteiger charge is -2.40. The summed E-state index contributed by atoms with van der Waals surface area (Å²) < 4.78 is 0. The van der Waals surface area contributed by atoms with Gasteiger partial charge in [0.05, 0.1) is 18.5 Å². The van der Waals surface area contributed by atoms with Crippen molar-refractivity contribution in [3.05, 3.63) is 107 Å². The number of carbonyl (C=O) groups excluding carboxylic acids is 2. The third kappa shape index (κ3) is 5.91. The van der Waals surface area contributed by atoms with E-state index in [1.165, 1.54) is 18.1 Å². The Bertz CT molecular complexity index is 1040. The first-order valence-electron chi connectivity index (χ1n) is 12.0. The van der Waals surface area contributed by atoms with Gasteiger partial charge in [-0.05, 0) is 23.6 Å². The molecule has 1 aliphatic heterocycles. The summed E-state index contributed by atoms with van der Waals surface area (Å²) in [6.45, 7) is 6.48.